The lowest BCUT2D eigenvalue weighted by atomic mass is 10.6. The van der Waals surface area contributed by atoms with Crippen molar-refractivity contribution in [3.05, 3.63) is 25.0 Å². The molecule has 0 saturated heterocycles. The summed E-state index contributed by atoms with van der Waals surface area (Å²) in [5.74, 6) is 0.167. The lowest BCUT2D eigenvalue weighted by Crippen LogP contribution is -1.69. The third-order valence-electron chi connectivity index (χ3n) is 0. The second kappa shape index (κ2) is 49.2. The molecule has 15 heavy (non-hydrogen) atoms. The minimum absolute atomic E-state index is 0.167. The van der Waals surface area contributed by atoms with E-state index in [0.29, 0.717) is 0 Å². The van der Waals surface area contributed by atoms with Gasteiger partial charge in [-0.2, -0.15) is 0 Å². The van der Waals surface area contributed by atoms with Gasteiger partial charge in [0, 0.05) is 0 Å². The Balaban J connectivity index is -0.0000000289. The molecule has 0 aliphatic rings. The van der Waals surface area contributed by atoms with Crippen LogP contribution < -0.4 is 0 Å². The fourth-order valence-corrected chi connectivity index (χ4v) is 0. The SMILES string of the molecule is C=C(C)O.C=CC.CC.CC.CC(C)P. The summed E-state index contributed by atoms with van der Waals surface area (Å²) in [6.45, 7) is 22.1. The first-order chi connectivity index (χ1) is 6.88. The number of rotatable bonds is 0. The van der Waals surface area contributed by atoms with Crippen LogP contribution in [0.4, 0.5) is 0 Å². The van der Waals surface area contributed by atoms with Gasteiger partial charge in [-0.1, -0.05) is 54.2 Å². The Morgan fingerprint density at radius 1 is 1.20 bits per heavy atom. The fraction of sp³-hybridized carbons (Fsp3) is 0.692. The monoisotopic (exact) mass is 236 g/mol. The number of aliphatic hydroxyl groups excluding tert-OH is 1. The summed E-state index contributed by atoms with van der Waals surface area (Å²) >= 11 is 0. The minimum atomic E-state index is 0.167. The molecule has 0 aromatic carbocycles. The second-order valence-corrected chi connectivity index (χ2v) is 3.72. The smallest absolute Gasteiger partial charge is 0.0820 e. The molecule has 0 heterocycles. The maximum absolute atomic E-state index is 7.86. The largest absolute Gasteiger partial charge is 0.513 e. The van der Waals surface area contributed by atoms with Gasteiger partial charge >= 0.3 is 0 Å². The predicted octanol–water partition coefficient (Wildman–Crippen LogP) is 5.59. The number of aliphatic hydroxyl groups is 1. The molecule has 0 fully saturated rings. The van der Waals surface area contributed by atoms with E-state index >= 15 is 0 Å². The first-order valence-corrected chi connectivity index (χ1v) is 6.22. The zero-order valence-corrected chi connectivity index (χ0v) is 13.2. The Kier molecular flexibility index (Phi) is 96.2. The molecular formula is C13H33OP. The van der Waals surface area contributed by atoms with Crippen molar-refractivity contribution in [3.63, 3.8) is 0 Å². The average molecular weight is 236 g/mol. The molecule has 2 heteroatoms. The van der Waals surface area contributed by atoms with Crippen molar-refractivity contribution in [2.75, 3.05) is 0 Å². The van der Waals surface area contributed by atoms with Crippen LogP contribution in [0, 0.1) is 0 Å². The van der Waals surface area contributed by atoms with E-state index in [0.717, 1.165) is 5.66 Å². The molecule has 0 rings (SSSR count). The highest BCUT2D eigenvalue weighted by molar-refractivity contribution is 7.17. The van der Waals surface area contributed by atoms with Gasteiger partial charge in [0.15, 0.2) is 0 Å². The van der Waals surface area contributed by atoms with Gasteiger partial charge < -0.3 is 5.11 Å². The van der Waals surface area contributed by atoms with E-state index in [9.17, 15) is 0 Å². The molecule has 96 valence electrons. The molecule has 0 spiro atoms. The summed E-state index contributed by atoms with van der Waals surface area (Å²) in [4.78, 5) is 0. The van der Waals surface area contributed by atoms with Crippen molar-refractivity contribution in [2.45, 2.75) is 61.0 Å². The molecule has 0 radical (unpaired) electrons. The van der Waals surface area contributed by atoms with E-state index in [1.165, 1.54) is 6.92 Å². The molecular weight excluding hydrogens is 203 g/mol. The number of hydrogen-bond donors (Lipinski definition) is 1. The maximum Gasteiger partial charge on any atom is 0.0820 e. The molecule has 1 nitrogen and oxygen atoms in total. The molecule has 0 aliphatic carbocycles. The van der Waals surface area contributed by atoms with Gasteiger partial charge in [0.25, 0.3) is 0 Å². The van der Waals surface area contributed by atoms with Crippen molar-refractivity contribution >= 4 is 9.24 Å². The third-order valence-corrected chi connectivity index (χ3v) is 0. The molecule has 1 atom stereocenters. The number of allylic oxidation sites excluding steroid dienone is 2. The molecule has 0 aromatic heterocycles. The highest BCUT2D eigenvalue weighted by Crippen LogP contribution is 1.90. The normalized spacial score (nSPS) is 5.73. The molecule has 1 N–H and O–H groups in total. The lowest BCUT2D eigenvalue weighted by molar-refractivity contribution is 0.417. The van der Waals surface area contributed by atoms with Crippen molar-refractivity contribution in [1.82, 2.24) is 0 Å². The quantitative estimate of drug-likeness (QED) is 0.330. The summed E-state index contributed by atoms with van der Waals surface area (Å²) < 4.78 is 0. The molecule has 1 unspecified atom stereocenters. The van der Waals surface area contributed by atoms with Gasteiger partial charge in [-0.05, 0) is 19.5 Å². The van der Waals surface area contributed by atoms with Crippen LogP contribution in [0.25, 0.3) is 0 Å². The van der Waals surface area contributed by atoms with Gasteiger partial charge in [0.2, 0.25) is 0 Å². The van der Waals surface area contributed by atoms with Crippen LogP contribution in [0.1, 0.15) is 55.4 Å². The van der Waals surface area contributed by atoms with Gasteiger partial charge in [-0.15, -0.1) is 15.8 Å². The first-order valence-electron chi connectivity index (χ1n) is 5.55. The van der Waals surface area contributed by atoms with Crippen LogP contribution in [0.3, 0.4) is 0 Å². The summed E-state index contributed by atoms with van der Waals surface area (Å²) in [7, 11) is 2.66. The van der Waals surface area contributed by atoms with Gasteiger partial charge in [-0.25, -0.2) is 0 Å². The molecule has 0 aromatic rings. The van der Waals surface area contributed by atoms with Crippen molar-refractivity contribution in [1.29, 1.82) is 0 Å². The third kappa shape index (κ3) is 22400. The van der Waals surface area contributed by atoms with E-state index in [-0.39, 0.29) is 5.76 Å². The first kappa shape index (κ1) is 29.3. The summed E-state index contributed by atoms with van der Waals surface area (Å²) in [6, 6.07) is 0. The van der Waals surface area contributed by atoms with E-state index in [1.54, 1.807) is 6.08 Å². The summed E-state index contributed by atoms with van der Waals surface area (Å²) in [5.41, 5.74) is 0.750. The van der Waals surface area contributed by atoms with Gasteiger partial charge in [0.05, 0.1) is 5.76 Å². The van der Waals surface area contributed by atoms with Gasteiger partial charge in [0.1, 0.15) is 0 Å². The zero-order chi connectivity index (χ0) is 13.9. The maximum atomic E-state index is 7.86. The van der Waals surface area contributed by atoms with E-state index in [4.69, 9.17) is 5.11 Å². The Morgan fingerprint density at radius 3 is 1.20 bits per heavy atom. The van der Waals surface area contributed by atoms with Crippen LogP contribution in [-0.4, -0.2) is 10.8 Å². The molecule has 0 aliphatic heterocycles. The predicted molar refractivity (Wildman–Crippen MR) is 80.9 cm³/mol. The second-order valence-electron chi connectivity index (χ2n) is 2.39. The van der Waals surface area contributed by atoms with E-state index in [2.05, 4.69) is 36.2 Å². The Labute approximate surface area is 101 Å². The van der Waals surface area contributed by atoms with Crippen LogP contribution in [0.15, 0.2) is 25.0 Å². The zero-order valence-electron chi connectivity index (χ0n) is 12.1. The lowest BCUT2D eigenvalue weighted by Gasteiger charge is -1.79. The van der Waals surface area contributed by atoms with Gasteiger partial charge in [-0.3, -0.25) is 0 Å². The Bertz CT molecular complexity index is 81.8. The highest BCUT2D eigenvalue weighted by atomic mass is 31.0. The van der Waals surface area contributed by atoms with Crippen LogP contribution in [0.5, 0.6) is 0 Å². The van der Waals surface area contributed by atoms with Crippen molar-refractivity contribution < 1.29 is 5.11 Å². The Morgan fingerprint density at radius 2 is 1.20 bits per heavy atom. The Hall–Kier alpha value is -0.290. The molecule has 0 amide bonds. The van der Waals surface area contributed by atoms with Crippen molar-refractivity contribution in [2.24, 2.45) is 0 Å². The fourth-order valence-electron chi connectivity index (χ4n) is 0. The van der Waals surface area contributed by atoms with E-state index < -0.39 is 0 Å². The van der Waals surface area contributed by atoms with Crippen LogP contribution in [-0.2, 0) is 0 Å². The topological polar surface area (TPSA) is 20.2 Å². The minimum Gasteiger partial charge on any atom is -0.513 e. The summed E-state index contributed by atoms with van der Waals surface area (Å²) in [5, 5.41) is 7.86. The summed E-state index contributed by atoms with van der Waals surface area (Å²) in [6.07, 6.45) is 1.75. The van der Waals surface area contributed by atoms with E-state index in [1.807, 2.05) is 34.6 Å². The van der Waals surface area contributed by atoms with Crippen LogP contribution >= 0.6 is 9.24 Å². The highest BCUT2D eigenvalue weighted by Gasteiger charge is 1.68. The standard InChI is InChI=1S/C3H6O.C3H9P.C3H6.2C2H6/c2*1-3(2)4;1-3-2;2*1-2/h4H,1H2,2H3;3H,4H2,1-2H3;3H,1H2,2H3;2*1-2H3. The van der Waals surface area contributed by atoms with Crippen LogP contribution in [0.2, 0.25) is 0 Å². The molecule has 0 bridgehead atoms. The number of hydrogen-bond acceptors (Lipinski definition) is 1. The molecule has 0 saturated carbocycles. The van der Waals surface area contributed by atoms with Crippen molar-refractivity contribution in [3.8, 4) is 0 Å². The average Bonchev–Trinajstić information content (AvgIpc) is 2.09.